The molecule has 21 heavy (non-hydrogen) atoms. The molecule has 1 aromatic heterocycles. The van der Waals surface area contributed by atoms with Gasteiger partial charge in [-0.15, -0.1) is 0 Å². The summed E-state index contributed by atoms with van der Waals surface area (Å²) < 4.78 is 1.72. The quantitative estimate of drug-likeness (QED) is 0.941. The summed E-state index contributed by atoms with van der Waals surface area (Å²) in [6.45, 7) is 7.66. The lowest BCUT2D eigenvalue weighted by molar-refractivity contribution is -0.119. The van der Waals surface area contributed by atoms with Gasteiger partial charge in [0.1, 0.15) is 12.1 Å². The molecule has 5 heteroatoms. The van der Waals surface area contributed by atoms with E-state index in [1.54, 1.807) is 35.9 Å². The van der Waals surface area contributed by atoms with Crippen molar-refractivity contribution < 1.29 is 4.79 Å². The summed E-state index contributed by atoms with van der Waals surface area (Å²) in [5, 5.41) is 16.3. The van der Waals surface area contributed by atoms with Crippen molar-refractivity contribution in [1.82, 2.24) is 9.78 Å². The first-order valence-electron chi connectivity index (χ1n) is 6.78. The van der Waals surface area contributed by atoms with Crippen LogP contribution in [-0.4, -0.2) is 15.7 Å². The number of amides is 1. The van der Waals surface area contributed by atoms with Crippen LogP contribution in [0.1, 0.15) is 35.5 Å². The number of anilines is 1. The van der Waals surface area contributed by atoms with E-state index in [1.165, 1.54) is 0 Å². The number of nitriles is 1. The molecule has 1 amide bonds. The van der Waals surface area contributed by atoms with Crippen molar-refractivity contribution in [3.63, 3.8) is 0 Å². The summed E-state index contributed by atoms with van der Waals surface area (Å²) in [4.78, 5) is 12.4. The van der Waals surface area contributed by atoms with Crippen LogP contribution < -0.4 is 5.32 Å². The lowest BCUT2D eigenvalue weighted by Crippen LogP contribution is -2.25. The van der Waals surface area contributed by atoms with Gasteiger partial charge in [-0.1, -0.05) is 12.1 Å². The number of aromatic nitrogens is 2. The van der Waals surface area contributed by atoms with Gasteiger partial charge < -0.3 is 5.32 Å². The Balaban J connectivity index is 2.24. The highest BCUT2D eigenvalue weighted by atomic mass is 16.2. The third-order valence-corrected chi connectivity index (χ3v) is 3.74. The van der Waals surface area contributed by atoms with Crippen LogP contribution in [0.25, 0.3) is 0 Å². The van der Waals surface area contributed by atoms with Crippen molar-refractivity contribution in [1.29, 1.82) is 5.26 Å². The first-order valence-corrected chi connectivity index (χ1v) is 6.78. The molecule has 0 radical (unpaired) electrons. The van der Waals surface area contributed by atoms with Crippen LogP contribution in [0.3, 0.4) is 0 Å². The molecular formula is C16H18N4O. The first-order chi connectivity index (χ1) is 9.95. The molecule has 0 bridgehead atoms. The molecule has 1 heterocycles. The Bertz CT molecular complexity index is 724. The number of benzene rings is 1. The van der Waals surface area contributed by atoms with E-state index in [1.807, 2.05) is 20.8 Å². The summed E-state index contributed by atoms with van der Waals surface area (Å²) in [6, 6.07) is 8.57. The molecule has 0 aliphatic carbocycles. The molecule has 0 fully saturated rings. The maximum atomic E-state index is 12.4. The molecule has 0 saturated heterocycles. The van der Waals surface area contributed by atoms with E-state index < -0.39 is 6.04 Å². The average molecular weight is 282 g/mol. The molecule has 0 aliphatic rings. The standard InChI is InChI=1S/C16H18N4O/c1-10-11(2)19-20(12(10)3)13(4)16(21)18-15-8-6-5-7-14(15)9-17/h5-8,13H,1-4H3,(H,18,21). The van der Waals surface area contributed by atoms with E-state index in [2.05, 4.69) is 16.5 Å². The Kier molecular flexibility index (Phi) is 4.08. The van der Waals surface area contributed by atoms with Gasteiger partial charge in [0.25, 0.3) is 0 Å². The van der Waals surface area contributed by atoms with Crippen LogP contribution in [0.2, 0.25) is 0 Å². The predicted molar refractivity (Wildman–Crippen MR) is 80.9 cm³/mol. The van der Waals surface area contributed by atoms with Crippen molar-refractivity contribution in [3.8, 4) is 6.07 Å². The Labute approximate surface area is 124 Å². The average Bonchev–Trinajstić information content (AvgIpc) is 2.74. The Morgan fingerprint density at radius 1 is 1.33 bits per heavy atom. The second-order valence-corrected chi connectivity index (χ2v) is 5.06. The van der Waals surface area contributed by atoms with Crippen LogP contribution in [0, 0.1) is 32.1 Å². The Hall–Kier alpha value is -2.61. The number of rotatable bonds is 3. The SMILES string of the molecule is Cc1nn(C(C)C(=O)Nc2ccccc2C#N)c(C)c1C. The molecule has 5 nitrogen and oxygen atoms in total. The van der Waals surface area contributed by atoms with Crippen LogP contribution in [0.15, 0.2) is 24.3 Å². The lowest BCUT2D eigenvalue weighted by atomic mass is 10.2. The van der Waals surface area contributed by atoms with Gasteiger partial charge in [-0.3, -0.25) is 9.48 Å². The minimum absolute atomic E-state index is 0.191. The normalized spacial score (nSPS) is 11.8. The van der Waals surface area contributed by atoms with E-state index in [0.717, 1.165) is 17.0 Å². The van der Waals surface area contributed by atoms with Crippen molar-refractivity contribution in [3.05, 3.63) is 46.8 Å². The molecule has 1 unspecified atom stereocenters. The van der Waals surface area contributed by atoms with Gasteiger partial charge in [0.2, 0.25) is 5.91 Å². The van der Waals surface area contributed by atoms with Gasteiger partial charge in [0.05, 0.1) is 16.9 Å². The summed E-state index contributed by atoms with van der Waals surface area (Å²) in [5.74, 6) is -0.191. The fourth-order valence-electron chi connectivity index (χ4n) is 2.16. The van der Waals surface area contributed by atoms with Crippen LogP contribution in [0.5, 0.6) is 0 Å². The third-order valence-electron chi connectivity index (χ3n) is 3.74. The van der Waals surface area contributed by atoms with Crippen molar-refractivity contribution in [2.45, 2.75) is 33.7 Å². The molecule has 0 aliphatic heterocycles. The number of hydrogen-bond acceptors (Lipinski definition) is 3. The maximum Gasteiger partial charge on any atom is 0.248 e. The van der Waals surface area contributed by atoms with Gasteiger partial charge >= 0.3 is 0 Å². The van der Waals surface area contributed by atoms with Gasteiger partial charge in [-0.2, -0.15) is 10.4 Å². The fourth-order valence-corrected chi connectivity index (χ4v) is 2.16. The highest BCUT2D eigenvalue weighted by Gasteiger charge is 2.20. The highest BCUT2D eigenvalue weighted by molar-refractivity contribution is 5.94. The van der Waals surface area contributed by atoms with Crippen molar-refractivity contribution in [2.75, 3.05) is 5.32 Å². The lowest BCUT2D eigenvalue weighted by Gasteiger charge is -2.15. The van der Waals surface area contributed by atoms with Crippen LogP contribution >= 0.6 is 0 Å². The number of nitrogens with zero attached hydrogens (tertiary/aromatic N) is 3. The topological polar surface area (TPSA) is 70.7 Å². The van der Waals surface area contributed by atoms with Gasteiger partial charge in [-0.25, -0.2) is 0 Å². The zero-order valence-corrected chi connectivity index (χ0v) is 12.6. The largest absolute Gasteiger partial charge is 0.323 e. The molecule has 0 saturated carbocycles. The highest BCUT2D eigenvalue weighted by Crippen LogP contribution is 2.19. The number of para-hydroxylation sites is 1. The molecule has 2 aromatic rings. The molecule has 1 N–H and O–H groups in total. The molecule has 1 aromatic carbocycles. The van der Waals surface area contributed by atoms with E-state index in [9.17, 15) is 4.79 Å². The smallest absolute Gasteiger partial charge is 0.248 e. The van der Waals surface area contributed by atoms with Crippen LogP contribution in [0.4, 0.5) is 5.69 Å². The van der Waals surface area contributed by atoms with Crippen LogP contribution in [-0.2, 0) is 4.79 Å². The minimum Gasteiger partial charge on any atom is -0.323 e. The third kappa shape index (κ3) is 2.79. The van der Waals surface area contributed by atoms with Gasteiger partial charge in [-0.05, 0) is 45.4 Å². The second kappa shape index (κ2) is 5.80. The van der Waals surface area contributed by atoms with Crippen molar-refractivity contribution >= 4 is 11.6 Å². The summed E-state index contributed by atoms with van der Waals surface area (Å²) in [6.07, 6.45) is 0. The molecular weight excluding hydrogens is 264 g/mol. The monoisotopic (exact) mass is 282 g/mol. The zero-order valence-electron chi connectivity index (χ0n) is 12.6. The van der Waals surface area contributed by atoms with E-state index in [0.29, 0.717) is 11.3 Å². The molecule has 2 rings (SSSR count). The number of aryl methyl sites for hydroxylation is 1. The number of nitrogens with one attached hydrogen (secondary N) is 1. The summed E-state index contributed by atoms with van der Waals surface area (Å²) in [7, 11) is 0. The number of carbonyl (C=O) groups excluding carboxylic acids is 1. The van der Waals surface area contributed by atoms with Gasteiger partial charge in [0.15, 0.2) is 0 Å². The molecule has 0 spiro atoms. The van der Waals surface area contributed by atoms with E-state index >= 15 is 0 Å². The molecule has 108 valence electrons. The summed E-state index contributed by atoms with van der Waals surface area (Å²) >= 11 is 0. The summed E-state index contributed by atoms with van der Waals surface area (Å²) in [5.41, 5.74) is 3.96. The minimum atomic E-state index is -0.441. The maximum absolute atomic E-state index is 12.4. The van der Waals surface area contributed by atoms with E-state index in [-0.39, 0.29) is 5.91 Å². The second-order valence-electron chi connectivity index (χ2n) is 5.06. The Morgan fingerprint density at radius 2 is 2.00 bits per heavy atom. The molecule has 1 atom stereocenters. The van der Waals surface area contributed by atoms with E-state index in [4.69, 9.17) is 5.26 Å². The van der Waals surface area contributed by atoms with Gasteiger partial charge in [0, 0.05) is 5.69 Å². The Morgan fingerprint density at radius 3 is 2.57 bits per heavy atom. The number of hydrogen-bond donors (Lipinski definition) is 1. The first kappa shape index (κ1) is 14.8. The number of carbonyl (C=O) groups is 1. The fraction of sp³-hybridized carbons (Fsp3) is 0.312. The zero-order chi connectivity index (χ0) is 15.6. The van der Waals surface area contributed by atoms with Crippen molar-refractivity contribution in [2.24, 2.45) is 0 Å². The predicted octanol–water partition coefficient (Wildman–Crippen LogP) is 2.88.